The number of halogens is 7. The monoisotopic (exact) mass is 982 g/mol. The van der Waals surface area contributed by atoms with Crippen LogP contribution < -0.4 is 9.47 Å². The molecular formula is C48H43BrF6N3O8. The normalized spacial score (nSPS) is 12.3. The van der Waals surface area contributed by atoms with E-state index in [1.54, 1.807) is 77.9 Å². The summed E-state index contributed by atoms with van der Waals surface area (Å²) in [6, 6.07) is 20.5. The fourth-order valence-corrected chi connectivity index (χ4v) is 7.75. The van der Waals surface area contributed by atoms with Crippen molar-refractivity contribution in [1.82, 2.24) is 14.9 Å². The molecule has 0 atom stereocenters. The van der Waals surface area contributed by atoms with Gasteiger partial charge in [-0.1, -0.05) is 52.3 Å². The number of carboxylic acids is 1. The van der Waals surface area contributed by atoms with Gasteiger partial charge in [-0.15, -0.1) is 26.3 Å². The molecule has 0 unspecified atom stereocenters. The Morgan fingerprint density at radius 2 is 1.09 bits per heavy atom. The maximum absolute atomic E-state index is 14.0. The van der Waals surface area contributed by atoms with Crippen LogP contribution in [0.2, 0.25) is 0 Å². The first-order chi connectivity index (χ1) is 30.8. The molecule has 0 spiro atoms. The SMILES string of the molecule is CC(C)(C)OC(=O)N(Cc1cc(-c2ccc(OC(F)(F)F)cc2)c2ncccc2c1C[C](CC(=O)O)c1c(CBr)cc(-c2ccc(OC(F)(F)F)cc2)c2ncccc12)C(=O)OC(C)(C)C. The molecule has 347 valence electrons. The summed E-state index contributed by atoms with van der Waals surface area (Å²) in [5.74, 6) is -1.73. The van der Waals surface area contributed by atoms with Crippen LogP contribution in [-0.2, 0) is 32.6 Å². The molecule has 0 bridgehead atoms. The fraction of sp³-hybridized carbons (Fsp3) is 0.292. The van der Waals surface area contributed by atoms with E-state index >= 15 is 0 Å². The Morgan fingerprint density at radius 1 is 0.652 bits per heavy atom. The molecule has 0 saturated carbocycles. The summed E-state index contributed by atoms with van der Waals surface area (Å²) in [4.78, 5) is 50.9. The molecule has 6 aromatic rings. The molecule has 2 amide bonds. The minimum absolute atomic E-state index is 0.119. The van der Waals surface area contributed by atoms with E-state index in [2.05, 4.69) is 35.4 Å². The van der Waals surface area contributed by atoms with E-state index in [1.165, 1.54) is 48.8 Å². The van der Waals surface area contributed by atoms with Crippen LogP contribution in [0, 0.1) is 5.92 Å². The Labute approximate surface area is 383 Å². The number of carboxylic acid groups (broad SMARTS) is 1. The van der Waals surface area contributed by atoms with Crippen LogP contribution in [0.3, 0.4) is 0 Å². The molecule has 18 heteroatoms. The van der Waals surface area contributed by atoms with E-state index in [0.29, 0.717) is 72.2 Å². The second kappa shape index (κ2) is 19.2. The second-order valence-corrected chi connectivity index (χ2v) is 17.6. The number of fused-ring (bicyclic) bond motifs is 2. The summed E-state index contributed by atoms with van der Waals surface area (Å²) in [5, 5.41) is 11.7. The highest BCUT2D eigenvalue weighted by Crippen LogP contribution is 2.42. The highest BCUT2D eigenvalue weighted by molar-refractivity contribution is 9.08. The van der Waals surface area contributed by atoms with Crippen molar-refractivity contribution in [2.75, 3.05) is 0 Å². The Kier molecular flexibility index (Phi) is 14.3. The minimum atomic E-state index is -4.95. The zero-order valence-electron chi connectivity index (χ0n) is 36.4. The standard InChI is InChI=1S/C48H43BrF6N3O8/c1-45(2,3)65-43(61)58(44(62)66-46(4,5)6)26-31-23-38(28-13-17-33(18-14-28)64-48(53,54)55)41-34(9-7-19-56-41)36(31)21-29(24-39(59)60)40-30(25-49)22-37(42-35(40)10-8-20-57-42)27-11-15-32(16-12-27)63-47(50,51)52/h7-20,22-23H,21,24-26H2,1-6H3,(H,59,60). The number of aromatic nitrogens is 2. The summed E-state index contributed by atoms with van der Waals surface area (Å²) in [5.41, 5.74) is 2.31. The van der Waals surface area contributed by atoms with Gasteiger partial charge in [0.1, 0.15) is 22.7 Å². The molecule has 2 aromatic heterocycles. The van der Waals surface area contributed by atoms with E-state index in [1.807, 2.05) is 0 Å². The number of nitrogens with zero attached hydrogens (tertiary/aromatic N) is 3. The predicted octanol–water partition coefficient (Wildman–Crippen LogP) is 13.1. The van der Waals surface area contributed by atoms with Gasteiger partial charge in [0.2, 0.25) is 0 Å². The molecule has 0 aliphatic carbocycles. The maximum Gasteiger partial charge on any atom is 0.573 e. The number of ether oxygens (including phenoxy) is 4. The summed E-state index contributed by atoms with van der Waals surface area (Å²) >= 11 is 3.57. The Balaban J connectivity index is 1.59. The van der Waals surface area contributed by atoms with Gasteiger partial charge in [-0.05, 0) is 130 Å². The summed E-state index contributed by atoms with van der Waals surface area (Å²) < 4.78 is 97.9. The van der Waals surface area contributed by atoms with Crippen LogP contribution in [0.1, 0.15) is 70.2 Å². The molecule has 0 aliphatic heterocycles. The number of hydrogen-bond donors (Lipinski definition) is 1. The largest absolute Gasteiger partial charge is 0.573 e. The Morgan fingerprint density at radius 3 is 1.52 bits per heavy atom. The number of alkyl halides is 7. The molecular weight excluding hydrogens is 940 g/mol. The van der Waals surface area contributed by atoms with Gasteiger partial charge in [0.15, 0.2) is 0 Å². The van der Waals surface area contributed by atoms with Gasteiger partial charge in [0.25, 0.3) is 0 Å². The van der Waals surface area contributed by atoms with Crippen LogP contribution in [0.5, 0.6) is 11.5 Å². The zero-order chi connectivity index (χ0) is 48.4. The first-order valence-corrected chi connectivity index (χ1v) is 21.3. The van der Waals surface area contributed by atoms with Crippen molar-refractivity contribution in [3.8, 4) is 33.8 Å². The second-order valence-electron chi connectivity index (χ2n) is 17.0. The van der Waals surface area contributed by atoms with Crippen LogP contribution >= 0.6 is 15.9 Å². The number of pyridine rings is 2. The average Bonchev–Trinajstić information content (AvgIpc) is 3.20. The van der Waals surface area contributed by atoms with E-state index in [4.69, 9.17) is 9.47 Å². The fourth-order valence-electron chi connectivity index (χ4n) is 7.30. The first-order valence-electron chi connectivity index (χ1n) is 20.2. The zero-order valence-corrected chi connectivity index (χ0v) is 37.9. The number of benzene rings is 4. The van der Waals surface area contributed by atoms with Crippen molar-refractivity contribution in [3.05, 3.63) is 125 Å². The number of aliphatic carboxylic acids is 1. The van der Waals surface area contributed by atoms with Crippen molar-refractivity contribution in [3.63, 3.8) is 0 Å². The van der Waals surface area contributed by atoms with Crippen molar-refractivity contribution in [2.24, 2.45) is 0 Å². The molecule has 1 N–H and O–H groups in total. The van der Waals surface area contributed by atoms with Crippen LogP contribution in [0.25, 0.3) is 44.1 Å². The number of imide groups is 1. The lowest BCUT2D eigenvalue weighted by molar-refractivity contribution is -0.275. The molecule has 1 radical (unpaired) electrons. The number of carbonyl (C=O) groups is 3. The lowest BCUT2D eigenvalue weighted by atomic mass is 9.80. The van der Waals surface area contributed by atoms with Crippen molar-refractivity contribution < 1.29 is 64.8 Å². The lowest BCUT2D eigenvalue weighted by Gasteiger charge is -2.30. The average molecular weight is 984 g/mol. The van der Waals surface area contributed by atoms with E-state index in [9.17, 15) is 45.8 Å². The Bertz CT molecular complexity index is 2720. The third kappa shape index (κ3) is 12.5. The van der Waals surface area contributed by atoms with Crippen molar-refractivity contribution in [1.29, 1.82) is 0 Å². The minimum Gasteiger partial charge on any atom is -0.481 e. The quantitative estimate of drug-likeness (QED) is 0.0932. The number of rotatable bonds is 12. The van der Waals surface area contributed by atoms with E-state index in [0.717, 1.165) is 17.0 Å². The number of amides is 2. The summed E-state index contributed by atoms with van der Waals surface area (Å²) in [6.07, 6.45) is -9.54. The molecule has 0 fully saturated rings. The van der Waals surface area contributed by atoms with E-state index < -0.39 is 66.5 Å². The highest BCUT2D eigenvalue weighted by Gasteiger charge is 2.35. The van der Waals surface area contributed by atoms with E-state index in [-0.39, 0.29) is 11.8 Å². The lowest BCUT2D eigenvalue weighted by Crippen LogP contribution is -2.43. The third-order valence-electron chi connectivity index (χ3n) is 9.67. The Hall–Kier alpha value is -6.43. The van der Waals surface area contributed by atoms with Crippen molar-refractivity contribution >= 4 is 55.9 Å². The van der Waals surface area contributed by atoms with Gasteiger partial charge >= 0.3 is 30.9 Å². The molecule has 0 aliphatic rings. The third-order valence-corrected chi connectivity index (χ3v) is 10.3. The van der Waals surface area contributed by atoms with Gasteiger partial charge in [0.05, 0.1) is 24.0 Å². The van der Waals surface area contributed by atoms with Gasteiger partial charge in [-0.2, -0.15) is 0 Å². The van der Waals surface area contributed by atoms with Gasteiger partial charge in [-0.3, -0.25) is 14.8 Å². The molecule has 0 saturated heterocycles. The first kappa shape index (κ1) is 49.0. The predicted molar refractivity (Wildman–Crippen MR) is 237 cm³/mol. The van der Waals surface area contributed by atoms with Crippen LogP contribution in [-0.4, -0.2) is 62.1 Å². The number of carbonyl (C=O) groups excluding carboxylic acids is 2. The molecule has 11 nitrogen and oxygen atoms in total. The molecule has 2 heterocycles. The molecule has 4 aromatic carbocycles. The van der Waals surface area contributed by atoms with Gasteiger partial charge < -0.3 is 24.1 Å². The van der Waals surface area contributed by atoms with Crippen LogP contribution in [0.15, 0.2) is 97.3 Å². The van der Waals surface area contributed by atoms with Gasteiger partial charge in [0, 0.05) is 45.5 Å². The van der Waals surface area contributed by atoms with Gasteiger partial charge in [-0.25, -0.2) is 14.5 Å². The summed E-state index contributed by atoms with van der Waals surface area (Å²) in [7, 11) is 0. The summed E-state index contributed by atoms with van der Waals surface area (Å²) in [6.45, 7) is 9.22. The maximum atomic E-state index is 14.0. The molecule has 66 heavy (non-hydrogen) atoms. The topological polar surface area (TPSA) is 137 Å². The molecule has 6 rings (SSSR count). The number of hydrogen-bond acceptors (Lipinski definition) is 9. The highest BCUT2D eigenvalue weighted by atomic mass is 79.9. The van der Waals surface area contributed by atoms with Crippen molar-refractivity contribution in [2.45, 2.75) is 90.2 Å². The van der Waals surface area contributed by atoms with Crippen LogP contribution in [0.4, 0.5) is 35.9 Å². The smallest absolute Gasteiger partial charge is 0.481 e.